The molecule has 2 N–H and O–H groups in total. The number of ether oxygens (including phenoxy) is 1. The molecule has 1 fully saturated rings. The number of nitrogens with zero attached hydrogens (tertiary/aromatic N) is 1. The van der Waals surface area contributed by atoms with Crippen molar-refractivity contribution in [2.75, 3.05) is 19.7 Å². The molecule has 0 bridgehead atoms. The lowest BCUT2D eigenvalue weighted by molar-refractivity contribution is -0.140. The molecule has 0 aromatic heterocycles. The molecule has 1 aliphatic rings. The van der Waals surface area contributed by atoms with Crippen molar-refractivity contribution in [1.29, 1.82) is 0 Å². The van der Waals surface area contributed by atoms with Crippen LogP contribution in [-0.2, 0) is 9.53 Å². The molecule has 20 heavy (non-hydrogen) atoms. The van der Waals surface area contributed by atoms with Gasteiger partial charge >= 0.3 is 0 Å². The molecule has 0 spiro atoms. The molecule has 4 nitrogen and oxygen atoms in total. The predicted molar refractivity (Wildman–Crippen MR) is 74.7 cm³/mol. The number of carbonyl (C=O) groups is 1. The van der Waals surface area contributed by atoms with E-state index in [1.807, 2.05) is 6.92 Å². The number of benzene rings is 1. The molecule has 1 aliphatic heterocycles. The third-order valence-electron chi connectivity index (χ3n) is 3.69. The lowest BCUT2D eigenvalue weighted by Crippen LogP contribution is -2.49. The van der Waals surface area contributed by atoms with Gasteiger partial charge in [-0.15, -0.1) is 0 Å². The summed E-state index contributed by atoms with van der Waals surface area (Å²) in [4.78, 5) is 13.8. The molecule has 5 heteroatoms. The molecular weight excluding hydrogens is 259 g/mol. The van der Waals surface area contributed by atoms with Gasteiger partial charge in [-0.05, 0) is 30.5 Å². The summed E-state index contributed by atoms with van der Waals surface area (Å²) < 4.78 is 19.0. The Morgan fingerprint density at radius 2 is 2.35 bits per heavy atom. The second kappa shape index (κ2) is 6.33. The summed E-state index contributed by atoms with van der Waals surface area (Å²) in [5.74, 6) is -0.273. The van der Waals surface area contributed by atoms with Crippen LogP contribution in [0.25, 0.3) is 0 Å². The standard InChI is InChI=1S/C15H21FN2O2/c1-3-13(17)15(19)18-6-7-20-14(9-18)11-4-5-12(16)10(2)8-11/h4-5,8,13-14H,3,6-7,9,17H2,1-2H3/t13-,14-/m1/s1. The van der Waals surface area contributed by atoms with E-state index < -0.39 is 6.04 Å². The normalized spacial score (nSPS) is 20.8. The topological polar surface area (TPSA) is 55.6 Å². The third kappa shape index (κ3) is 3.16. The van der Waals surface area contributed by atoms with E-state index in [4.69, 9.17) is 10.5 Å². The molecule has 1 heterocycles. The average Bonchev–Trinajstić information content (AvgIpc) is 2.48. The first-order valence-corrected chi connectivity index (χ1v) is 6.95. The van der Waals surface area contributed by atoms with Crippen molar-refractivity contribution in [3.8, 4) is 0 Å². The molecule has 1 aromatic rings. The summed E-state index contributed by atoms with van der Waals surface area (Å²) in [5.41, 5.74) is 7.27. The van der Waals surface area contributed by atoms with Crippen LogP contribution >= 0.6 is 0 Å². The maximum absolute atomic E-state index is 13.3. The molecular formula is C15H21FN2O2. The van der Waals surface area contributed by atoms with Crippen LogP contribution in [0.1, 0.15) is 30.6 Å². The Morgan fingerprint density at radius 3 is 3.00 bits per heavy atom. The van der Waals surface area contributed by atoms with Gasteiger partial charge in [0.15, 0.2) is 0 Å². The number of hydrogen-bond donors (Lipinski definition) is 1. The fraction of sp³-hybridized carbons (Fsp3) is 0.533. The van der Waals surface area contributed by atoms with Gasteiger partial charge in [-0.1, -0.05) is 19.1 Å². The van der Waals surface area contributed by atoms with E-state index in [0.717, 1.165) is 5.56 Å². The minimum Gasteiger partial charge on any atom is -0.370 e. The van der Waals surface area contributed by atoms with Gasteiger partial charge < -0.3 is 15.4 Å². The second-order valence-corrected chi connectivity index (χ2v) is 5.17. The Bertz CT molecular complexity index is 493. The zero-order chi connectivity index (χ0) is 14.7. The van der Waals surface area contributed by atoms with Gasteiger partial charge in [0.25, 0.3) is 0 Å². The van der Waals surface area contributed by atoms with Crippen LogP contribution in [0, 0.1) is 12.7 Å². The highest BCUT2D eigenvalue weighted by Crippen LogP contribution is 2.24. The van der Waals surface area contributed by atoms with E-state index >= 15 is 0 Å². The van der Waals surface area contributed by atoms with E-state index in [1.165, 1.54) is 6.07 Å². The molecule has 0 unspecified atom stereocenters. The summed E-state index contributed by atoms with van der Waals surface area (Å²) >= 11 is 0. The van der Waals surface area contributed by atoms with E-state index in [9.17, 15) is 9.18 Å². The van der Waals surface area contributed by atoms with Gasteiger partial charge in [0, 0.05) is 6.54 Å². The van der Waals surface area contributed by atoms with Crippen molar-refractivity contribution >= 4 is 5.91 Å². The number of hydrogen-bond acceptors (Lipinski definition) is 3. The number of halogens is 1. The van der Waals surface area contributed by atoms with Crippen LogP contribution in [0.3, 0.4) is 0 Å². The molecule has 1 amide bonds. The Hall–Kier alpha value is -1.46. The number of carbonyl (C=O) groups excluding carboxylic acids is 1. The van der Waals surface area contributed by atoms with Gasteiger partial charge in [-0.2, -0.15) is 0 Å². The summed E-state index contributed by atoms with van der Waals surface area (Å²) in [6.07, 6.45) is 0.410. The van der Waals surface area contributed by atoms with Crippen molar-refractivity contribution < 1.29 is 13.9 Å². The monoisotopic (exact) mass is 280 g/mol. The first-order chi connectivity index (χ1) is 9.52. The number of amides is 1. The SMILES string of the molecule is CC[C@@H](N)C(=O)N1CCO[C@@H](c2ccc(F)c(C)c2)C1. The zero-order valence-corrected chi connectivity index (χ0v) is 11.9. The van der Waals surface area contributed by atoms with Crippen LogP contribution in [0.4, 0.5) is 4.39 Å². The van der Waals surface area contributed by atoms with E-state index in [1.54, 1.807) is 24.0 Å². The number of morpholine rings is 1. The lowest BCUT2D eigenvalue weighted by atomic mass is 10.0. The van der Waals surface area contributed by atoms with E-state index in [-0.39, 0.29) is 17.8 Å². The smallest absolute Gasteiger partial charge is 0.239 e. The van der Waals surface area contributed by atoms with E-state index in [0.29, 0.717) is 31.7 Å². The van der Waals surface area contributed by atoms with Crippen molar-refractivity contribution in [2.24, 2.45) is 5.73 Å². The minimum atomic E-state index is -0.455. The largest absolute Gasteiger partial charge is 0.370 e. The first kappa shape index (κ1) is 14.9. The summed E-state index contributed by atoms with van der Waals surface area (Å²) in [5, 5.41) is 0. The predicted octanol–water partition coefficient (Wildman–Crippen LogP) is 1.77. The third-order valence-corrected chi connectivity index (χ3v) is 3.69. The zero-order valence-electron chi connectivity index (χ0n) is 11.9. The Balaban J connectivity index is 2.10. The van der Waals surface area contributed by atoms with Crippen LogP contribution in [0.15, 0.2) is 18.2 Å². The van der Waals surface area contributed by atoms with Gasteiger partial charge in [-0.3, -0.25) is 4.79 Å². The van der Waals surface area contributed by atoms with Crippen LogP contribution in [0.5, 0.6) is 0 Å². The highest BCUT2D eigenvalue weighted by atomic mass is 19.1. The number of nitrogens with two attached hydrogens (primary N) is 1. The molecule has 1 aromatic carbocycles. The minimum absolute atomic E-state index is 0.0420. The second-order valence-electron chi connectivity index (χ2n) is 5.17. The maximum Gasteiger partial charge on any atom is 0.239 e. The van der Waals surface area contributed by atoms with Gasteiger partial charge in [0.1, 0.15) is 11.9 Å². The molecule has 1 saturated heterocycles. The van der Waals surface area contributed by atoms with Crippen molar-refractivity contribution in [2.45, 2.75) is 32.4 Å². The van der Waals surface area contributed by atoms with Crippen LogP contribution < -0.4 is 5.73 Å². The Labute approximate surface area is 118 Å². The fourth-order valence-electron chi connectivity index (χ4n) is 2.33. The van der Waals surface area contributed by atoms with Gasteiger partial charge in [-0.25, -0.2) is 4.39 Å². The molecule has 2 atom stereocenters. The molecule has 2 rings (SSSR count). The van der Waals surface area contributed by atoms with Gasteiger partial charge in [0.05, 0.1) is 19.2 Å². The maximum atomic E-state index is 13.3. The molecule has 110 valence electrons. The van der Waals surface area contributed by atoms with Crippen molar-refractivity contribution in [3.05, 3.63) is 35.1 Å². The fourth-order valence-corrected chi connectivity index (χ4v) is 2.33. The molecule has 0 saturated carbocycles. The number of rotatable bonds is 3. The van der Waals surface area contributed by atoms with Crippen molar-refractivity contribution in [1.82, 2.24) is 4.90 Å². The Morgan fingerprint density at radius 1 is 1.60 bits per heavy atom. The number of aryl methyl sites for hydroxylation is 1. The van der Waals surface area contributed by atoms with E-state index in [2.05, 4.69) is 0 Å². The van der Waals surface area contributed by atoms with Crippen LogP contribution in [-0.4, -0.2) is 36.5 Å². The Kier molecular flexibility index (Phi) is 4.73. The summed E-state index contributed by atoms with van der Waals surface area (Å²) in [6, 6.07) is 4.46. The lowest BCUT2D eigenvalue weighted by Gasteiger charge is -2.34. The first-order valence-electron chi connectivity index (χ1n) is 6.95. The van der Waals surface area contributed by atoms with Crippen LogP contribution in [0.2, 0.25) is 0 Å². The summed E-state index contributed by atoms with van der Waals surface area (Å²) in [7, 11) is 0. The summed E-state index contributed by atoms with van der Waals surface area (Å²) in [6.45, 7) is 5.12. The highest BCUT2D eigenvalue weighted by molar-refractivity contribution is 5.81. The highest BCUT2D eigenvalue weighted by Gasteiger charge is 2.27. The average molecular weight is 280 g/mol. The van der Waals surface area contributed by atoms with Crippen molar-refractivity contribution in [3.63, 3.8) is 0 Å². The molecule has 0 radical (unpaired) electrons. The quantitative estimate of drug-likeness (QED) is 0.918. The molecule has 0 aliphatic carbocycles. The van der Waals surface area contributed by atoms with Gasteiger partial charge in [0.2, 0.25) is 5.91 Å².